The van der Waals surface area contributed by atoms with Crippen molar-refractivity contribution >= 4 is 10.9 Å². The maximum atomic E-state index is 5.86. The van der Waals surface area contributed by atoms with Gasteiger partial charge in [0.25, 0.3) is 0 Å². The van der Waals surface area contributed by atoms with Crippen LogP contribution >= 0.6 is 0 Å². The molecule has 2 N–H and O–H groups in total. The highest BCUT2D eigenvalue weighted by molar-refractivity contribution is 5.85. The van der Waals surface area contributed by atoms with Gasteiger partial charge in [0, 0.05) is 29.2 Å². The van der Waals surface area contributed by atoms with E-state index in [0.717, 1.165) is 0 Å². The number of aromatic nitrogens is 1. The molecule has 1 heterocycles. The summed E-state index contributed by atoms with van der Waals surface area (Å²) in [6, 6.07) is 9.33. The van der Waals surface area contributed by atoms with Crippen molar-refractivity contribution in [2.75, 3.05) is 0 Å². The molecule has 2 nitrogen and oxygen atoms in total. The van der Waals surface area contributed by atoms with Crippen molar-refractivity contribution in [3.63, 3.8) is 0 Å². The molecule has 3 rings (SSSR count). The molecule has 1 fully saturated rings. The number of rotatable bonds is 2. The molecule has 0 spiro atoms. The summed E-state index contributed by atoms with van der Waals surface area (Å²) in [5.41, 5.74) is 9.90. The molecule has 0 unspecified atom stereocenters. The van der Waals surface area contributed by atoms with Crippen LogP contribution in [0, 0.1) is 6.92 Å². The van der Waals surface area contributed by atoms with Gasteiger partial charge in [0.15, 0.2) is 0 Å². The molecule has 1 aliphatic carbocycles. The maximum absolute atomic E-state index is 5.86. The lowest BCUT2D eigenvalue weighted by Gasteiger charge is -2.07. The highest BCUT2D eigenvalue weighted by Gasteiger charge is 2.27. The van der Waals surface area contributed by atoms with Gasteiger partial charge in [0.1, 0.15) is 0 Å². The summed E-state index contributed by atoms with van der Waals surface area (Å²) in [6.45, 7) is 2.83. The van der Waals surface area contributed by atoms with E-state index >= 15 is 0 Å². The van der Waals surface area contributed by atoms with E-state index in [1.807, 2.05) is 0 Å². The number of nitrogens with zero attached hydrogens (tertiary/aromatic N) is 1. The third kappa shape index (κ3) is 1.21. The van der Waals surface area contributed by atoms with E-state index in [0.29, 0.717) is 12.6 Å². The van der Waals surface area contributed by atoms with Gasteiger partial charge in [-0.15, -0.1) is 0 Å². The third-order valence-corrected chi connectivity index (χ3v) is 3.40. The summed E-state index contributed by atoms with van der Waals surface area (Å²) in [4.78, 5) is 0. The fraction of sp³-hybridized carbons (Fsp3) is 0.385. The van der Waals surface area contributed by atoms with E-state index in [2.05, 4.69) is 35.8 Å². The fourth-order valence-electron chi connectivity index (χ4n) is 2.48. The lowest BCUT2D eigenvalue weighted by molar-refractivity contribution is 0.717. The van der Waals surface area contributed by atoms with Crippen LogP contribution in [-0.2, 0) is 6.54 Å². The minimum atomic E-state index is 0.650. The van der Waals surface area contributed by atoms with Crippen LogP contribution in [0.2, 0.25) is 0 Å². The van der Waals surface area contributed by atoms with Crippen molar-refractivity contribution in [1.82, 2.24) is 4.57 Å². The number of benzene rings is 1. The Labute approximate surface area is 89.7 Å². The SMILES string of the molecule is Cc1c(CN)n(C2CC2)c2ccccc12. The predicted molar refractivity (Wildman–Crippen MR) is 62.8 cm³/mol. The van der Waals surface area contributed by atoms with Crippen LogP contribution in [-0.4, -0.2) is 4.57 Å². The second-order valence-electron chi connectivity index (χ2n) is 4.39. The lowest BCUT2D eigenvalue weighted by Crippen LogP contribution is -2.06. The van der Waals surface area contributed by atoms with Crippen molar-refractivity contribution in [2.24, 2.45) is 5.73 Å². The Hall–Kier alpha value is -1.28. The quantitative estimate of drug-likeness (QED) is 0.794. The second kappa shape index (κ2) is 3.11. The van der Waals surface area contributed by atoms with Crippen LogP contribution in [0.15, 0.2) is 24.3 Å². The number of nitrogens with two attached hydrogens (primary N) is 1. The van der Waals surface area contributed by atoms with E-state index < -0.39 is 0 Å². The molecular weight excluding hydrogens is 184 g/mol. The normalized spacial score (nSPS) is 16.1. The number of para-hydroxylation sites is 1. The van der Waals surface area contributed by atoms with Crippen LogP contribution in [0.25, 0.3) is 10.9 Å². The summed E-state index contributed by atoms with van der Waals surface area (Å²) in [5, 5.41) is 1.37. The van der Waals surface area contributed by atoms with E-state index in [1.54, 1.807) is 0 Å². The first kappa shape index (κ1) is 8.98. The predicted octanol–water partition coefficient (Wildman–Crippen LogP) is 2.74. The summed E-state index contributed by atoms with van der Waals surface area (Å²) >= 11 is 0. The van der Waals surface area contributed by atoms with Crippen LogP contribution < -0.4 is 5.73 Å². The van der Waals surface area contributed by atoms with Gasteiger partial charge in [0.2, 0.25) is 0 Å². The van der Waals surface area contributed by atoms with Gasteiger partial charge in [-0.3, -0.25) is 0 Å². The molecule has 0 saturated heterocycles. The van der Waals surface area contributed by atoms with E-state index in [4.69, 9.17) is 5.73 Å². The van der Waals surface area contributed by atoms with E-state index in [1.165, 1.54) is 35.0 Å². The molecule has 0 amide bonds. The van der Waals surface area contributed by atoms with Gasteiger partial charge in [-0.2, -0.15) is 0 Å². The molecule has 78 valence electrons. The highest BCUT2D eigenvalue weighted by Crippen LogP contribution is 2.40. The molecular formula is C13H16N2. The Morgan fingerprint density at radius 2 is 2.07 bits per heavy atom. The summed E-state index contributed by atoms with van der Waals surface area (Å²) in [5.74, 6) is 0. The van der Waals surface area contributed by atoms with Gasteiger partial charge < -0.3 is 10.3 Å². The van der Waals surface area contributed by atoms with Gasteiger partial charge in [0.05, 0.1) is 0 Å². The van der Waals surface area contributed by atoms with E-state index in [-0.39, 0.29) is 0 Å². The van der Waals surface area contributed by atoms with Crippen LogP contribution in [0.4, 0.5) is 0 Å². The third-order valence-electron chi connectivity index (χ3n) is 3.40. The average Bonchev–Trinajstić information content (AvgIpc) is 3.05. The van der Waals surface area contributed by atoms with Gasteiger partial charge in [-0.05, 0) is 31.4 Å². The van der Waals surface area contributed by atoms with Crippen molar-refractivity contribution < 1.29 is 0 Å². The minimum Gasteiger partial charge on any atom is -0.340 e. The Morgan fingerprint density at radius 1 is 1.33 bits per heavy atom. The molecule has 0 aliphatic heterocycles. The zero-order valence-corrected chi connectivity index (χ0v) is 9.03. The molecule has 0 bridgehead atoms. The summed E-state index contributed by atoms with van der Waals surface area (Å²) < 4.78 is 2.45. The number of aryl methyl sites for hydroxylation is 1. The Kier molecular flexibility index (Phi) is 1.86. The van der Waals surface area contributed by atoms with Crippen LogP contribution in [0.3, 0.4) is 0 Å². The molecule has 2 aromatic rings. The Balaban J connectivity index is 2.37. The number of hydrogen-bond donors (Lipinski definition) is 1. The molecule has 2 heteroatoms. The smallest absolute Gasteiger partial charge is 0.0488 e. The minimum absolute atomic E-state index is 0.650. The molecule has 1 saturated carbocycles. The van der Waals surface area contributed by atoms with Crippen LogP contribution in [0.1, 0.15) is 30.1 Å². The first-order chi connectivity index (χ1) is 7.33. The Bertz CT molecular complexity index is 506. The van der Waals surface area contributed by atoms with Gasteiger partial charge in [-0.1, -0.05) is 18.2 Å². The van der Waals surface area contributed by atoms with Gasteiger partial charge >= 0.3 is 0 Å². The molecule has 15 heavy (non-hydrogen) atoms. The Morgan fingerprint density at radius 3 is 2.73 bits per heavy atom. The molecule has 0 atom stereocenters. The van der Waals surface area contributed by atoms with Crippen LogP contribution in [0.5, 0.6) is 0 Å². The van der Waals surface area contributed by atoms with Crippen molar-refractivity contribution in [1.29, 1.82) is 0 Å². The topological polar surface area (TPSA) is 30.9 Å². The first-order valence-corrected chi connectivity index (χ1v) is 5.61. The molecule has 1 aromatic heterocycles. The van der Waals surface area contributed by atoms with Gasteiger partial charge in [-0.25, -0.2) is 0 Å². The standard InChI is InChI=1S/C13H16N2/c1-9-11-4-2-3-5-12(11)15(10-6-7-10)13(9)8-14/h2-5,10H,6-8,14H2,1H3. The fourth-order valence-corrected chi connectivity index (χ4v) is 2.48. The average molecular weight is 200 g/mol. The zero-order valence-electron chi connectivity index (χ0n) is 9.03. The van der Waals surface area contributed by atoms with Crippen molar-refractivity contribution in [3.8, 4) is 0 Å². The molecule has 0 radical (unpaired) electrons. The zero-order chi connectivity index (χ0) is 10.4. The monoisotopic (exact) mass is 200 g/mol. The van der Waals surface area contributed by atoms with Crippen molar-refractivity contribution in [3.05, 3.63) is 35.5 Å². The lowest BCUT2D eigenvalue weighted by atomic mass is 10.1. The van der Waals surface area contributed by atoms with Crippen molar-refractivity contribution in [2.45, 2.75) is 32.4 Å². The second-order valence-corrected chi connectivity index (χ2v) is 4.39. The molecule has 1 aromatic carbocycles. The molecule has 1 aliphatic rings. The summed E-state index contributed by atoms with van der Waals surface area (Å²) in [6.07, 6.45) is 2.62. The maximum Gasteiger partial charge on any atom is 0.0488 e. The largest absolute Gasteiger partial charge is 0.340 e. The first-order valence-electron chi connectivity index (χ1n) is 5.61. The highest BCUT2D eigenvalue weighted by atomic mass is 15.1. The number of hydrogen-bond acceptors (Lipinski definition) is 1. The number of fused-ring (bicyclic) bond motifs is 1. The van der Waals surface area contributed by atoms with E-state index in [9.17, 15) is 0 Å². The summed E-state index contributed by atoms with van der Waals surface area (Å²) in [7, 11) is 0.